The van der Waals surface area contributed by atoms with Crippen molar-refractivity contribution < 1.29 is 19.2 Å². The van der Waals surface area contributed by atoms with Gasteiger partial charge in [-0.15, -0.1) is 0 Å². The highest BCUT2D eigenvalue weighted by molar-refractivity contribution is 5.84. The van der Waals surface area contributed by atoms with Crippen molar-refractivity contribution >= 4 is 11.7 Å². The maximum Gasteiger partial charge on any atom is 0.340 e. The lowest BCUT2D eigenvalue weighted by Gasteiger charge is -2.39. The molecule has 134 valence electrons. The summed E-state index contributed by atoms with van der Waals surface area (Å²) in [6.45, 7) is 3.03. The molecule has 2 aliphatic rings. The molecule has 1 fully saturated rings. The minimum atomic E-state index is -1.05. The lowest BCUT2D eigenvalue weighted by atomic mass is 10.1. The summed E-state index contributed by atoms with van der Waals surface area (Å²) in [6, 6.07) is 6.08. The van der Waals surface area contributed by atoms with E-state index in [1.54, 1.807) is 43.2 Å². The Morgan fingerprint density at radius 1 is 1.36 bits per heavy atom. The molecular formula is C17H21N3O5. The van der Waals surface area contributed by atoms with Crippen LogP contribution in [0.5, 0.6) is 5.75 Å². The SMILES string of the molecule is CCOC(=O)C1C([N+](=O)[O-])=C2CCCN2CN1c1ccc(OC)cc1. The zero-order chi connectivity index (χ0) is 18.0. The summed E-state index contributed by atoms with van der Waals surface area (Å²) in [5, 5.41) is 11.8. The van der Waals surface area contributed by atoms with Crippen molar-refractivity contribution in [2.24, 2.45) is 0 Å². The quantitative estimate of drug-likeness (QED) is 0.457. The number of nitro groups is 1. The van der Waals surface area contributed by atoms with E-state index in [4.69, 9.17) is 9.47 Å². The molecule has 1 saturated heterocycles. The van der Waals surface area contributed by atoms with Crippen LogP contribution in [0.2, 0.25) is 0 Å². The third-order valence-electron chi connectivity index (χ3n) is 4.52. The lowest BCUT2D eigenvalue weighted by molar-refractivity contribution is -0.431. The van der Waals surface area contributed by atoms with E-state index in [9.17, 15) is 14.9 Å². The van der Waals surface area contributed by atoms with Crippen LogP contribution in [0, 0.1) is 10.1 Å². The summed E-state index contributed by atoms with van der Waals surface area (Å²) in [7, 11) is 1.57. The Kier molecular flexibility index (Phi) is 4.78. The van der Waals surface area contributed by atoms with E-state index in [1.807, 2.05) is 4.90 Å². The second kappa shape index (κ2) is 7.00. The average molecular weight is 347 g/mol. The molecule has 25 heavy (non-hydrogen) atoms. The third-order valence-corrected chi connectivity index (χ3v) is 4.52. The number of nitrogens with zero attached hydrogens (tertiary/aromatic N) is 3. The van der Waals surface area contributed by atoms with E-state index < -0.39 is 16.9 Å². The van der Waals surface area contributed by atoms with Gasteiger partial charge in [-0.05, 0) is 44.0 Å². The summed E-state index contributed by atoms with van der Waals surface area (Å²) in [4.78, 5) is 27.6. The Bertz CT molecular complexity index is 701. The Balaban J connectivity index is 2.06. The minimum absolute atomic E-state index is 0.0713. The van der Waals surface area contributed by atoms with Crippen LogP contribution in [-0.2, 0) is 9.53 Å². The van der Waals surface area contributed by atoms with Crippen LogP contribution in [0.3, 0.4) is 0 Å². The van der Waals surface area contributed by atoms with Gasteiger partial charge >= 0.3 is 5.97 Å². The van der Waals surface area contributed by atoms with Gasteiger partial charge in [0, 0.05) is 12.2 Å². The third kappa shape index (κ3) is 3.11. The first-order chi connectivity index (χ1) is 12.1. The van der Waals surface area contributed by atoms with Crippen molar-refractivity contribution in [1.29, 1.82) is 0 Å². The molecule has 2 aliphatic heterocycles. The van der Waals surface area contributed by atoms with Gasteiger partial charge in [0.05, 0.1) is 31.0 Å². The average Bonchev–Trinajstić information content (AvgIpc) is 3.08. The zero-order valence-corrected chi connectivity index (χ0v) is 14.3. The van der Waals surface area contributed by atoms with Crippen LogP contribution >= 0.6 is 0 Å². The van der Waals surface area contributed by atoms with Gasteiger partial charge in [0.1, 0.15) is 5.75 Å². The fourth-order valence-corrected chi connectivity index (χ4v) is 3.42. The fraction of sp³-hybridized carbons (Fsp3) is 0.471. The molecule has 2 heterocycles. The number of methoxy groups -OCH3 is 1. The second-order valence-electron chi connectivity index (χ2n) is 5.92. The Labute approximate surface area is 145 Å². The Hall–Kier alpha value is -2.77. The van der Waals surface area contributed by atoms with E-state index in [1.165, 1.54) is 0 Å². The zero-order valence-electron chi connectivity index (χ0n) is 14.3. The molecule has 0 saturated carbocycles. The molecule has 1 unspecified atom stereocenters. The van der Waals surface area contributed by atoms with Gasteiger partial charge in [0.2, 0.25) is 6.04 Å². The molecule has 3 rings (SSSR count). The molecule has 1 aromatic rings. The number of fused-ring (bicyclic) bond motifs is 1. The molecule has 0 N–H and O–H groups in total. The molecule has 8 heteroatoms. The number of ether oxygens (including phenoxy) is 2. The molecule has 8 nitrogen and oxygen atoms in total. The number of hydrogen-bond donors (Lipinski definition) is 0. The van der Waals surface area contributed by atoms with Gasteiger partial charge in [-0.1, -0.05) is 0 Å². The number of rotatable bonds is 5. The van der Waals surface area contributed by atoms with Crippen molar-refractivity contribution in [3.63, 3.8) is 0 Å². The number of anilines is 1. The van der Waals surface area contributed by atoms with Crippen LogP contribution in [0.25, 0.3) is 0 Å². The van der Waals surface area contributed by atoms with Gasteiger partial charge in [-0.3, -0.25) is 10.1 Å². The predicted octanol–water partition coefficient (Wildman–Crippen LogP) is 1.99. The number of carbonyl (C=O) groups excluding carboxylic acids is 1. The monoisotopic (exact) mass is 347 g/mol. The smallest absolute Gasteiger partial charge is 0.340 e. The molecular weight excluding hydrogens is 326 g/mol. The number of hydrogen-bond acceptors (Lipinski definition) is 7. The molecule has 0 aliphatic carbocycles. The largest absolute Gasteiger partial charge is 0.497 e. The van der Waals surface area contributed by atoms with Crippen LogP contribution in [0.4, 0.5) is 5.69 Å². The van der Waals surface area contributed by atoms with Gasteiger partial charge in [0.25, 0.3) is 5.70 Å². The highest BCUT2D eigenvalue weighted by Gasteiger charge is 2.47. The summed E-state index contributed by atoms with van der Waals surface area (Å²) < 4.78 is 10.3. The highest BCUT2D eigenvalue weighted by atomic mass is 16.6. The molecule has 0 amide bonds. The van der Waals surface area contributed by atoms with E-state index >= 15 is 0 Å². The summed E-state index contributed by atoms with van der Waals surface area (Å²) >= 11 is 0. The highest BCUT2D eigenvalue weighted by Crippen LogP contribution is 2.36. The molecule has 0 spiro atoms. The van der Waals surface area contributed by atoms with Crippen molar-refractivity contribution in [2.75, 3.05) is 31.8 Å². The summed E-state index contributed by atoms with van der Waals surface area (Å²) in [6.07, 6.45) is 1.46. The van der Waals surface area contributed by atoms with E-state index in [0.29, 0.717) is 30.2 Å². The first-order valence-electron chi connectivity index (χ1n) is 8.26. The van der Waals surface area contributed by atoms with Gasteiger partial charge < -0.3 is 19.3 Å². The summed E-state index contributed by atoms with van der Waals surface area (Å²) in [5.74, 6) is 0.0874. The van der Waals surface area contributed by atoms with Crippen LogP contribution in [0.1, 0.15) is 19.8 Å². The normalized spacial score (nSPS) is 19.7. The standard InChI is InChI=1S/C17H21N3O5/c1-3-25-17(21)16-15(20(22)23)14-5-4-10-18(14)11-19(16)12-6-8-13(24-2)9-7-12/h6-9,16H,3-5,10-11H2,1-2H3. The minimum Gasteiger partial charge on any atom is -0.497 e. The molecule has 0 bridgehead atoms. The first kappa shape index (κ1) is 17.1. The molecule has 1 atom stereocenters. The van der Waals surface area contributed by atoms with E-state index in [-0.39, 0.29) is 12.3 Å². The lowest BCUT2D eigenvalue weighted by Crippen LogP contribution is -2.54. The van der Waals surface area contributed by atoms with Crippen LogP contribution in [0.15, 0.2) is 35.7 Å². The second-order valence-corrected chi connectivity index (χ2v) is 5.92. The number of esters is 1. The maximum absolute atomic E-state index is 12.6. The van der Waals surface area contributed by atoms with Gasteiger partial charge in [-0.25, -0.2) is 4.79 Å². The predicted molar refractivity (Wildman–Crippen MR) is 90.7 cm³/mol. The topological polar surface area (TPSA) is 85.1 Å². The van der Waals surface area contributed by atoms with Crippen molar-refractivity contribution in [3.8, 4) is 5.75 Å². The first-order valence-corrected chi connectivity index (χ1v) is 8.26. The molecule has 0 radical (unpaired) electrons. The number of benzene rings is 1. The summed E-state index contributed by atoms with van der Waals surface area (Å²) in [5.41, 5.74) is 1.29. The van der Waals surface area contributed by atoms with Gasteiger partial charge in [-0.2, -0.15) is 0 Å². The maximum atomic E-state index is 12.6. The van der Waals surface area contributed by atoms with Crippen LogP contribution in [-0.4, -0.2) is 48.8 Å². The Morgan fingerprint density at radius 3 is 2.68 bits per heavy atom. The molecule has 0 aromatic heterocycles. The fourth-order valence-electron chi connectivity index (χ4n) is 3.42. The number of allylic oxidation sites excluding steroid dienone is 1. The van der Waals surface area contributed by atoms with E-state index in [2.05, 4.69) is 0 Å². The van der Waals surface area contributed by atoms with Crippen molar-refractivity contribution in [1.82, 2.24) is 4.90 Å². The number of carbonyl (C=O) groups is 1. The molecule has 1 aromatic carbocycles. The Morgan fingerprint density at radius 2 is 2.08 bits per heavy atom. The van der Waals surface area contributed by atoms with Crippen molar-refractivity contribution in [3.05, 3.63) is 45.8 Å². The van der Waals surface area contributed by atoms with Crippen molar-refractivity contribution in [2.45, 2.75) is 25.8 Å². The van der Waals surface area contributed by atoms with E-state index in [0.717, 1.165) is 13.0 Å². The van der Waals surface area contributed by atoms with Gasteiger partial charge in [0.15, 0.2) is 0 Å². The van der Waals surface area contributed by atoms with Crippen LogP contribution < -0.4 is 9.64 Å².